The summed E-state index contributed by atoms with van der Waals surface area (Å²) in [6, 6.07) is 23.6. The van der Waals surface area contributed by atoms with Crippen LogP contribution in [-0.2, 0) is 10.1 Å². The van der Waals surface area contributed by atoms with Gasteiger partial charge >= 0.3 is 15.6 Å². The van der Waals surface area contributed by atoms with E-state index in [0.717, 1.165) is 37.8 Å². The number of alkyl halides is 3. The van der Waals surface area contributed by atoms with E-state index in [4.69, 9.17) is 11.6 Å². The first-order valence-electron chi connectivity index (χ1n) is 10.3. The average Bonchev–Trinajstić information content (AvgIpc) is 3.35. The van der Waals surface area contributed by atoms with Crippen molar-refractivity contribution < 1.29 is 25.8 Å². The summed E-state index contributed by atoms with van der Waals surface area (Å²) in [5.74, 6) is -0.390. The Bertz CT molecular complexity index is 1850. The molecule has 0 saturated carbocycles. The Balaban J connectivity index is 1.75. The van der Waals surface area contributed by atoms with Crippen molar-refractivity contribution in [1.29, 1.82) is 0 Å². The molecule has 2 heterocycles. The number of aromatic nitrogens is 1. The molecule has 0 saturated heterocycles. The predicted octanol–water partition coefficient (Wildman–Crippen LogP) is 8.03. The number of hydrogen-bond acceptors (Lipinski definition) is 4. The lowest BCUT2D eigenvalue weighted by molar-refractivity contribution is -0.0499. The fourth-order valence-corrected chi connectivity index (χ4v) is 6.26. The molecule has 0 atom stereocenters. The molecule has 0 N–H and O–H groups in total. The van der Waals surface area contributed by atoms with Gasteiger partial charge in [-0.3, -0.25) is 0 Å². The Morgan fingerprint density at radius 1 is 0.829 bits per heavy atom. The summed E-state index contributed by atoms with van der Waals surface area (Å²) in [6.45, 7) is 0. The lowest BCUT2D eigenvalue weighted by Gasteiger charge is -2.14. The van der Waals surface area contributed by atoms with Gasteiger partial charge < -0.3 is 8.75 Å². The van der Waals surface area contributed by atoms with Crippen LogP contribution in [-0.4, -0.2) is 18.5 Å². The third kappa shape index (κ3) is 3.37. The van der Waals surface area contributed by atoms with E-state index in [1.165, 1.54) is 6.07 Å². The molecule has 10 heteroatoms. The van der Waals surface area contributed by atoms with Gasteiger partial charge in [0.15, 0.2) is 5.75 Å². The van der Waals surface area contributed by atoms with Crippen molar-refractivity contribution in [3.05, 3.63) is 83.9 Å². The van der Waals surface area contributed by atoms with Crippen LogP contribution in [0.15, 0.2) is 78.9 Å². The lowest BCUT2D eigenvalue weighted by Crippen LogP contribution is -2.28. The van der Waals surface area contributed by atoms with Crippen LogP contribution >= 0.6 is 22.9 Å². The molecule has 176 valence electrons. The first-order valence-corrected chi connectivity index (χ1v) is 12.9. The van der Waals surface area contributed by atoms with Gasteiger partial charge in [-0.25, -0.2) is 0 Å². The Kier molecular flexibility index (Phi) is 4.83. The van der Waals surface area contributed by atoms with Crippen LogP contribution in [0.3, 0.4) is 0 Å². The highest BCUT2D eigenvalue weighted by molar-refractivity contribution is 7.88. The molecule has 4 aromatic carbocycles. The van der Waals surface area contributed by atoms with Gasteiger partial charge in [-0.1, -0.05) is 48.0 Å². The van der Waals surface area contributed by atoms with Gasteiger partial charge in [0.1, 0.15) is 0 Å². The maximum Gasteiger partial charge on any atom is 0.534 e. The number of thiophene rings is 1. The Labute approximate surface area is 205 Å². The van der Waals surface area contributed by atoms with Gasteiger partial charge in [0.05, 0.1) is 21.4 Å². The van der Waals surface area contributed by atoms with Crippen LogP contribution in [0, 0.1) is 0 Å². The number of halogens is 4. The SMILES string of the molecule is O=S(=O)(Oc1ccc(-n2c3ccccc3c3ccccc32)c2c1sc1ccc(Cl)cc12)C(F)(F)F. The van der Waals surface area contributed by atoms with Crippen molar-refractivity contribution in [2.75, 3.05) is 0 Å². The van der Waals surface area contributed by atoms with Gasteiger partial charge in [-0.2, -0.15) is 21.6 Å². The van der Waals surface area contributed by atoms with E-state index in [2.05, 4.69) is 4.18 Å². The van der Waals surface area contributed by atoms with Crippen molar-refractivity contribution in [2.45, 2.75) is 5.51 Å². The molecule has 0 unspecified atom stereocenters. The second-order valence-electron chi connectivity index (χ2n) is 7.88. The van der Waals surface area contributed by atoms with Crippen LogP contribution in [0.4, 0.5) is 13.2 Å². The summed E-state index contributed by atoms with van der Waals surface area (Å²) in [5.41, 5.74) is -3.09. The molecule has 0 aliphatic heterocycles. The van der Waals surface area contributed by atoms with Gasteiger partial charge in [0, 0.05) is 31.3 Å². The van der Waals surface area contributed by atoms with Crippen molar-refractivity contribution >= 4 is 75.0 Å². The fourth-order valence-electron chi connectivity index (χ4n) is 4.41. The van der Waals surface area contributed by atoms with Gasteiger partial charge in [-0.05, 0) is 42.5 Å². The maximum atomic E-state index is 13.1. The molecule has 0 aliphatic carbocycles. The molecule has 0 bridgehead atoms. The summed E-state index contributed by atoms with van der Waals surface area (Å²) in [4.78, 5) is 0. The predicted molar refractivity (Wildman–Crippen MR) is 134 cm³/mol. The minimum absolute atomic E-state index is 0.273. The summed E-state index contributed by atoms with van der Waals surface area (Å²) in [7, 11) is -5.85. The molecule has 0 amide bonds. The van der Waals surface area contributed by atoms with Crippen LogP contribution < -0.4 is 4.18 Å². The second-order valence-corrected chi connectivity index (χ2v) is 10.9. The minimum Gasteiger partial charge on any atom is -0.374 e. The highest BCUT2D eigenvalue weighted by Gasteiger charge is 2.48. The number of para-hydroxylation sites is 2. The average molecular weight is 532 g/mol. The second kappa shape index (κ2) is 7.61. The van der Waals surface area contributed by atoms with Gasteiger partial charge in [0.2, 0.25) is 0 Å². The Morgan fingerprint density at radius 2 is 1.46 bits per heavy atom. The van der Waals surface area contributed by atoms with E-state index in [1.807, 2.05) is 53.1 Å². The quantitative estimate of drug-likeness (QED) is 0.171. The smallest absolute Gasteiger partial charge is 0.374 e. The normalized spacial score (nSPS) is 12.8. The number of hydrogen-bond donors (Lipinski definition) is 0. The van der Waals surface area contributed by atoms with E-state index in [0.29, 0.717) is 21.5 Å². The molecule has 6 rings (SSSR count). The largest absolute Gasteiger partial charge is 0.534 e. The zero-order valence-electron chi connectivity index (χ0n) is 17.5. The summed E-state index contributed by atoms with van der Waals surface area (Å²) in [5, 5.41) is 3.69. The standard InChI is InChI=1S/C25H13ClF3NO3S2/c26-14-9-12-22-17(13-14)23-20(10-11-21(24(23)34-22)33-35(31,32)25(27,28)29)30-18-7-3-1-5-15(18)16-6-2-4-8-19(16)30/h1-13H. The van der Waals surface area contributed by atoms with E-state index < -0.39 is 15.6 Å². The Morgan fingerprint density at radius 3 is 2.09 bits per heavy atom. The topological polar surface area (TPSA) is 48.3 Å². The van der Waals surface area contributed by atoms with Crippen molar-refractivity contribution in [3.8, 4) is 11.4 Å². The molecule has 0 fully saturated rings. The summed E-state index contributed by atoms with van der Waals surface area (Å²) < 4.78 is 70.6. The van der Waals surface area contributed by atoms with Gasteiger partial charge in [-0.15, -0.1) is 11.3 Å². The zero-order valence-corrected chi connectivity index (χ0v) is 19.9. The summed E-state index contributed by atoms with van der Waals surface area (Å²) in [6.07, 6.45) is 0. The van der Waals surface area contributed by atoms with Crippen LogP contribution in [0.1, 0.15) is 0 Å². The molecule has 4 nitrogen and oxygen atoms in total. The number of benzene rings is 4. The van der Waals surface area contributed by atoms with Crippen molar-refractivity contribution in [3.63, 3.8) is 0 Å². The Hall–Kier alpha value is -3.27. The lowest BCUT2D eigenvalue weighted by atomic mass is 10.1. The first-order chi connectivity index (χ1) is 16.7. The summed E-state index contributed by atoms with van der Waals surface area (Å²) >= 11 is 7.41. The molecule has 2 aromatic heterocycles. The fraction of sp³-hybridized carbons (Fsp3) is 0.0400. The third-order valence-corrected chi connectivity index (χ3v) is 8.21. The highest BCUT2D eigenvalue weighted by Crippen LogP contribution is 2.46. The molecule has 0 radical (unpaired) electrons. The van der Waals surface area contributed by atoms with Crippen molar-refractivity contribution in [2.24, 2.45) is 0 Å². The molecular weight excluding hydrogens is 519 g/mol. The number of rotatable bonds is 3. The van der Waals surface area contributed by atoms with Crippen LogP contribution in [0.25, 0.3) is 47.7 Å². The highest BCUT2D eigenvalue weighted by atomic mass is 35.5. The van der Waals surface area contributed by atoms with E-state index in [1.54, 1.807) is 24.3 Å². The monoisotopic (exact) mass is 531 g/mol. The van der Waals surface area contributed by atoms with E-state index in [9.17, 15) is 21.6 Å². The molecule has 6 aromatic rings. The molecule has 0 spiro atoms. The molecule has 35 heavy (non-hydrogen) atoms. The third-order valence-electron chi connectivity index (χ3n) is 5.83. The van der Waals surface area contributed by atoms with E-state index in [-0.39, 0.29) is 10.4 Å². The van der Waals surface area contributed by atoms with Crippen molar-refractivity contribution in [1.82, 2.24) is 4.57 Å². The van der Waals surface area contributed by atoms with E-state index >= 15 is 0 Å². The number of nitrogens with zero attached hydrogens (tertiary/aromatic N) is 1. The molecular formula is C25H13ClF3NO3S2. The van der Waals surface area contributed by atoms with Gasteiger partial charge in [0.25, 0.3) is 0 Å². The zero-order chi connectivity index (χ0) is 24.5. The maximum absolute atomic E-state index is 13.1. The van der Waals surface area contributed by atoms with Crippen LogP contribution in [0.2, 0.25) is 5.02 Å². The van der Waals surface area contributed by atoms with Crippen LogP contribution in [0.5, 0.6) is 5.75 Å². The minimum atomic E-state index is -5.85. The number of fused-ring (bicyclic) bond motifs is 6. The molecule has 0 aliphatic rings. The first kappa shape index (κ1) is 22.2.